The Kier molecular flexibility index (Phi) is 5.79. The second kappa shape index (κ2) is 7.59. The Morgan fingerprint density at radius 1 is 1.29 bits per heavy atom. The number of hydrogen-bond acceptors (Lipinski definition) is 5. The summed E-state index contributed by atoms with van der Waals surface area (Å²) in [6.45, 7) is 14.0. The summed E-state index contributed by atoms with van der Waals surface area (Å²) >= 11 is 0. The summed E-state index contributed by atoms with van der Waals surface area (Å²) in [5.41, 5.74) is 0. The molecule has 0 aliphatic carbocycles. The summed E-state index contributed by atoms with van der Waals surface area (Å²) in [6, 6.07) is 2.75. The first-order valence-electron chi connectivity index (χ1n) is 8.26. The summed E-state index contributed by atoms with van der Waals surface area (Å²) in [5, 5.41) is 3.37. The number of hydrogen-bond donors (Lipinski definition) is 1. The number of rotatable bonds is 7. The molecule has 2 heterocycles. The minimum absolute atomic E-state index is 0.655. The molecule has 21 heavy (non-hydrogen) atoms. The minimum Gasteiger partial charge on any atom is -0.370 e. The smallest absolute Gasteiger partial charge is 0.134 e. The zero-order chi connectivity index (χ0) is 15.2. The zero-order valence-corrected chi connectivity index (χ0v) is 13.9. The molecular formula is C16H29N5. The number of anilines is 2. The zero-order valence-electron chi connectivity index (χ0n) is 13.9. The summed E-state index contributed by atoms with van der Waals surface area (Å²) < 4.78 is 0. The molecule has 0 radical (unpaired) electrons. The van der Waals surface area contributed by atoms with Gasteiger partial charge in [-0.05, 0) is 32.9 Å². The number of nitrogens with zero attached hydrogens (tertiary/aromatic N) is 4. The molecule has 0 saturated carbocycles. The van der Waals surface area contributed by atoms with Crippen molar-refractivity contribution in [2.45, 2.75) is 46.6 Å². The Morgan fingerprint density at radius 2 is 2.05 bits per heavy atom. The fraction of sp³-hybridized carbons (Fsp3) is 0.750. The van der Waals surface area contributed by atoms with E-state index in [4.69, 9.17) is 0 Å². The van der Waals surface area contributed by atoms with Crippen molar-refractivity contribution in [3.63, 3.8) is 0 Å². The van der Waals surface area contributed by atoms with Crippen LogP contribution in [0.4, 0.5) is 11.6 Å². The van der Waals surface area contributed by atoms with Crippen molar-refractivity contribution in [2.75, 3.05) is 42.9 Å². The van der Waals surface area contributed by atoms with E-state index in [1.165, 1.54) is 6.42 Å². The Bertz CT molecular complexity index is 444. The van der Waals surface area contributed by atoms with Crippen LogP contribution in [0.3, 0.4) is 0 Å². The largest absolute Gasteiger partial charge is 0.370 e. The lowest BCUT2D eigenvalue weighted by molar-refractivity contribution is 0.232. The number of aromatic nitrogens is 2. The molecule has 1 N–H and O–H groups in total. The molecule has 0 spiro atoms. The first-order valence-corrected chi connectivity index (χ1v) is 8.26. The summed E-state index contributed by atoms with van der Waals surface area (Å²) in [7, 11) is 0. The van der Waals surface area contributed by atoms with Gasteiger partial charge in [0.2, 0.25) is 0 Å². The van der Waals surface area contributed by atoms with E-state index in [2.05, 4.69) is 51.9 Å². The second-order valence-corrected chi connectivity index (χ2v) is 5.70. The van der Waals surface area contributed by atoms with Gasteiger partial charge in [-0.1, -0.05) is 20.8 Å². The molecule has 1 aromatic rings. The highest BCUT2D eigenvalue weighted by molar-refractivity contribution is 5.50. The van der Waals surface area contributed by atoms with Crippen molar-refractivity contribution >= 4 is 11.6 Å². The van der Waals surface area contributed by atoms with E-state index in [1.54, 1.807) is 0 Å². The molecule has 1 aromatic heterocycles. The van der Waals surface area contributed by atoms with Crippen molar-refractivity contribution in [3.05, 3.63) is 11.9 Å². The SMILES string of the molecule is CCCNc1cc(N2CCC(N(CC)CC)C2)nc(C)n1. The van der Waals surface area contributed by atoms with E-state index in [1.807, 2.05) is 6.92 Å². The van der Waals surface area contributed by atoms with Gasteiger partial charge >= 0.3 is 0 Å². The summed E-state index contributed by atoms with van der Waals surface area (Å²) in [6.07, 6.45) is 2.33. The fourth-order valence-electron chi connectivity index (χ4n) is 3.05. The third-order valence-corrected chi connectivity index (χ3v) is 4.20. The lowest BCUT2D eigenvalue weighted by atomic mass is 10.2. The monoisotopic (exact) mass is 291 g/mol. The molecule has 1 atom stereocenters. The van der Waals surface area contributed by atoms with Gasteiger partial charge in [0, 0.05) is 31.7 Å². The van der Waals surface area contributed by atoms with E-state index >= 15 is 0 Å². The maximum atomic E-state index is 4.63. The average Bonchev–Trinajstić information content (AvgIpc) is 2.96. The lowest BCUT2D eigenvalue weighted by Crippen LogP contribution is -2.37. The highest BCUT2D eigenvalue weighted by Gasteiger charge is 2.27. The quantitative estimate of drug-likeness (QED) is 0.836. The van der Waals surface area contributed by atoms with Crippen molar-refractivity contribution in [1.29, 1.82) is 0 Å². The van der Waals surface area contributed by atoms with Gasteiger partial charge in [0.1, 0.15) is 17.5 Å². The van der Waals surface area contributed by atoms with E-state index in [0.717, 1.165) is 56.6 Å². The number of nitrogens with one attached hydrogen (secondary N) is 1. The molecule has 1 aliphatic heterocycles. The van der Waals surface area contributed by atoms with Crippen molar-refractivity contribution in [3.8, 4) is 0 Å². The molecule has 1 fully saturated rings. The molecule has 1 unspecified atom stereocenters. The van der Waals surface area contributed by atoms with E-state index in [-0.39, 0.29) is 0 Å². The van der Waals surface area contributed by atoms with Crippen LogP contribution in [0.5, 0.6) is 0 Å². The van der Waals surface area contributed by atoms with Crippen LogP contribution in [0.25, 0.3) is 0 Å². The maximum Gasteiger partial charge on any atom is 0.134 e. The molecule has 118 valence electrons. The molecule has 2 rings (SSSR count). The van der Waals surface area contributed by atoms with Crippen LogP contribution in [0.2, 0.25) is 0 Å². The Balaban J connectivity index is 2.06. The molecule has 5 nitrogen and oxygen atoms in total. The second-order valence-electron chi connectivity index (χ2n) is 5.70. The molecule has 0 bridgehead atoms. The Hall–Kier alpha value is -1.36. The van der Waals surface area contributed by atoms with Gasteiger partial charge in [-0.15, -0.1) is 0 Å². The van der Waals surface area contributed by atoms with Crippen LogP contribution in [0.15, 0.2) is 6.07 Å². The third-order valence-electron chi connectivity index (χ3n) is 4.20. The molecule has 0 aromatic carbocycles. The summed E-state index contributed by atoms with van der Waals surface area (Å²) in [5.74, 6) is 2.86. The minimum atomic E-state index is 0.655. The van der Waals surface area contributed by atoms with Crippen LogP contribution < -0.4 is 10.2 Å². The first-order chi connectivity index (χ1) is 10.2. The number of aryl methyl sites for hydroxylation is 1. The van der Waals surface area contributed by atoms with Crippen LogP contribution in [0.1, 0.15) is 39.4 Å². The van der Waals surface area contributed by atoms with Crippen LogP contribution in [-0.2, 0) is 0 Å². The van der Waals surface area contributed by atoms with Crippen molar-refractivity contribution in [1.82, 2.24) is 14.9 Å². The van der Waals surface area contributed by atoms with Crippen LogP contribution >= 0.6 is 0 Å². The topological polar surface area (TPSA) is 44.3 Å². The van der Waals surface area contributed by atoms with Gasteiger partial charge in [0.05, 0.1) is 0 Å². The van der Waals surface area contributed by atoms with Gasteiger partial charge < -0.3 is 10.2 Å². The first kappa shape index (κ1) is 16.0. The van der Waals surface area contributed by atoms with E-state index in [9.17, 15) is 0 Å². The molecule has 1 saturated heterocycles. The van der Waals surface area contributed by atoms with Gasteiger partial charge in [0.25, 0.3) is 0 Å². The standard InChI is InChI=1S/C16H29N5/c1-5-9-17-15-11-16(19-13(4)18-15)21-10-8-14(12-21)20(6-2)7-3/h11,14H,5-10,12H2,1-4H3,(H,17,18,19). The lowest BCUT2D eigenvalue weighted by Gasteiger charge is -2.26. The van der Waals surface area contributed by atoms with Crippen molar-refractivity contribution < 1.29 is 0 Å². The predicted octanol–water partition coefficient (Wildman–Crippen LogP) is 2.53. The Labute approximate surface area is 128 Å². The van der Waals surface area contributed by atoms with Gasteiger partial charge in [0.15, 0.2) is 0 Å². The normalized spacial score (nSPS) is 18.5. The maximum absolute atomic E-state index is 4.63. The van der Waals surface area contributed by atoms with Gasteiger partial charge in [-0.2, -0.15) is 0 Å². The Morgan fingerprint density at radius 3 is 2.71 bits per heavy atom. The highest BCUT2D eigenvalue weighted by atomic mass is 15.3. The van der Waals surface area contributed by atoms with Crippen LogP contribution in [0, 0.1) is 6.92 Å². The predicted molar refractivity (Wildman–Crippen MR) is 89.1 cm³/mol. The van der Waals surface area contributed by atoms with Gasteiger partial charge in [-0.3, -0.25) is 4.90 Å². The van der Waals surface area contributed by atoms with Crippen LogP contribution in [-0.4, -0.2) is 53.6 Å². The molecule has 5 heteroatoms. The molecular weight excluding hydrogens is 262 g/mol. The summed E-state index contributed by atoms with van der Waals surface area (Å²) in [4.78, 5) is 14.0. The average molecular weight is 291 g/mol. The van der Waals surface area contributed by atoms with E-state index in [0.29, 0.717) is 6.04 Å². The fourth-order valence-corrected chi connectivity index (χ4v) is 3.05. The van der Waals surface area contributed by atoms with E-state index < -0.39 is 0 Å². The molecule has 0 amide bonds. The highest BCUT2D eigenvalue weighted by Crippen LogP contribution is 2.23. The van der Waals surface area contributed by atoms with Gasteiger partial charge in [-0.25, -0.2) is 9.97 Å². The number of likely N-dealkylation sites (N-methyl/N-ethyl adjacent to an activating group) is 1. The van der Waals surface area contributed by atoms with Crippen molar-refractivity contribution in [2.24, 2.45) is 0 Å². The third kappa shape index (κ3) is 4.06. The molecule has 1 aliphatic rings.